The molecule has 3 N–H and O–H groups in total. The number of aliphatic hydroxyl groups is 3. The first-order chi connectivity index (χ1) is 12.6. The molecule has 26 heavy (non-hydrogen) atoms. The van der Waals surface area contributed by atoms with E-state index < -0.39 is 6.10 Å². The van der Waals surface area contributed by atoms with Crippen molar-refractivity contribution in [2.75, 3.05) is 52.6 Å². The number of aliphatic hydroxyl groups excluding tert-OH is 3. The summed E-state index contributed by atoms with van der Waals surface area (Å²) in [5.74, 6) is 0. The van der Waals surface area contributed by atoms with Gasteiger partial charge in [-0.3, -0.25) is 0 Å². The van der Waals surface area contributed by atoms with Gasteiger partial charge in [-0.15, -0.1) is 0 Å². The lowest BCUT2D eigenvalue weighted by atomic mass is 10.1. The molecular weight excluding hydrogens is 330 g/mol. The molecule has 0 saturated carbocycles. The third-order valence-electron chi connectivity index (χ3n) is 5.37. The van der Waals surface area contributed by atoms with Gasteiger partial charge in [0.15, 0.2) is 0 Å². The van der Waals surface area contributed by atoms with Gasteiger partial charge in [-0.2, -0.15) is 0 Å². The van der Waals surface area contributed by atoms with Crippen LogP contribution in [-0.2, 0) is 4.74 Å². The molecule has 5 heteroatoms. The molecule has 1 atom stereocenters. The molecule has 0 aliphatic heterocycles. The Hall–Kier alpha value is -0.200. The fraction of sp³-hybridized carbons (Fsp3) is 1.00. The van der Waals surface area contributed by atoms with Crippen molar-refractivity contribution in [3.05, 3.63) is 0 Å². The third kappa shape index (κ3) is 13.9. The summed E-state index contributed by atoms with van der Waals surface area (Å²) in [4.78, 5) is 0. The van der Waals surface area contributed by atoms with Crippen molar-refractivity contribution >= 4 is 0 Å². The number of likely N-dealkylation sites (N-methyl/N-ethyl adjacent to an activating group) is 1. The Kier molecular flexibility index (Phi) is 18.0. The Morgan fingerprint density at radius 1 is 0.769 bits per heavy atom. The number of ether oxygens (including phenoxy) is 1. The van der Waals surface area contributed by atoms with E-state index in [0.29, 0.717) is 37.3 Å². The summed E-state index contributed by atoms with van der Waals surface area (Å²) >= 11 is 0. The number of nitrogens with zero attached hydrogens (tertiary/aromatic N) is 1. The molecule has 0 aromatic carbocycles. The summed E-state index contributed by atoms with van der Waals surface area (Å²) < 4.78 is 6.17. The molecule has 0 spiro atoms. The van der Waals surface area contributed by atoms with Crippen LogP contribution >= 0.6 is 0 Å². The first-order valence-corrected chi connectivity index (χ1v) is 11.0. The van der Waals surface area contributed by atoms with Gasteiger partial charge in [0.1, 0.15) is 25.7 Å². The molecule has 0 heterocycles. The normalized spacial score (nSPS) is 13.3. The number of rotatable bonds is 20. The minimum absolute atomic E-state index is 0.0695. The Morgan fingerprint density at radius 2 is 1.27 bits per heavy atom. The summed E-state index contributed by atoms with van der Waals surface area (Å²) in [6.45, 7) is 7.91. The smallest absolute Gasteiger partial charge is 0.126 e. The Bertz CT molecular complexity index is 283. The molecule has 0 aliphatic rings. The second-order valence-electron chi connectivity index (χ2n) is 7.65. The third-order valence-corrected chi connectivity index (χ3v) is 5.37. The minimum atomic E-state index is -0.545. The van der Waals surface area contributed by atoms with Crippen molar-refractivity contribution in [3.63, 3.8) is 0 Å². The molecular formula is C21H46NO4+. The van der Waals surface area contributed by atoms with Crippen molar-refractivity contribution < 1.29 is 24.5 Å². The Balaban J connectivity index is 3.62. The van der Waals surface area contributed by atoms with Crippen molar-refractivity contribution in [2.45, 2.75) is 84.2 Å². The Labute approximate surface area is 162 Å². The number of unbranched alkanes of at least 4 members (excludes halogenated alkanes) is 9. The maximum atomic E-state index is 10.2. The molecule has 0 aromatic heterocycles. The number of hydrogen-bond donors (Lipinski definition) is 3. The first kappa shape index (κ1) is 25.8. The van der Waals surface area contributed by atoms with Crippen LogP contribution in [0.3, 0.4) is 0 Å². The topological polar surface area (TPSA) is 69.9 Å². The van der Waals surface area contributed by atoms with Gasteiger partial charge in [-0.1, -0.05) is 64.7 Å². The average molecular weight is 377 g/mol. The van der Waals surface area contributed by atoms with Gasteiger partial charge in [0.25, 0.3) is 0 Å². The molecule has 5 nitrogen and oxygen atoms in total. The average Bonchev–Trinajstić information content (AvgIpc) is 2.63. The lowest BCUT2D eigenvalue weighted by Gasteiger charge is -2.38. The maximum Gasteiger partial charge on any atom is 0.126 e. The summed E-state index contributed by atoms with van der Waals surface area (Å²) in [5, 5.41) is 28.7. The van der Waals surface area contributed by atoms with E-state index in [1.54, 1.807) is 0 Å². The van der Waals surface area contributed by atoms with Crippen LogP contribution in [0.15, 0.2) is 0 Å². The Morgan fingerprint density at radius 3 is 1.73 bits per heavy atom. The number of hydrogen-bond acceptors (Lipinski definition) is 4. The standard InChI is InChI=1S/C21H46NO4/c1-3-5-6-7-8-9-10-11-12-13-18-26-20-21(25)19-22(4-2,14-16-23)15-17-24/h21,23-25H,3-20H2,1-2H3/q+1. The van der Waals surface area contributed by atoms with Crippen LogP contribution in [-0.4, -0.2) is 78.5 Å². The fourth-order valence-electron chi connectivity index (χ4n) is 3.57. The van der Waals surface area contributed by atoms with Crippen LogP contribution < -0.4 is 0 Å². The lowest BCUT2D eigenvalue weighted by molar-refractivity contribution is -0.929. The van der Waals surface area contributed by atoms with Gasteiger partial charge >= 0.3 is 0 Å². The molecule has 0 bridgehead atoms. The summed E-state index contributed by atoms with van der Waals surface area (Å²) in [6, 6.07) is 0. The predicted molar refractivity (Wildman–Crippen MR) is 108 cm³/mol. The molecule has 0 fully saturated rings. The largest absolute Gasteiger partial charge is 0.391 e. The van der Waals surface area contributed by atoms with Gasteiger partial charge in [0.05, 0.1) is 26.4 Å². The highest BCUT2D eigenvalue weighted by molar-refractivity contribution is 4.56. The SMILES string of the molecule is CCCCCCCCCCCCOCC(O)C[N+](CC)(CCO)CCO. The van der Waals surface area contributed by atoms with Gasteiger partial charge in [0, 0.05) is 6.61 Å². The molecule has 0 aliphatic carbocycles. The van der Waals surface area contributed by atoms with E-state index in [4.69, 9.17) is 4.74 Å². The van der Waals surface area contributed by atoms with Crippen LogP contribution in [0, 0.1) is 0 Å². The lowest BCUT2D eigenvalue weighted by Crippen LogP contribution is -2.55. The first-order valence-electron chi connectivity index (χ1n) is 11.0. The van der Waals surface area contributed by atoms with Crippen LogP contribution in [0.2, 0.25) is 0 Å². The van der Waals surface area contributed by atoms with Gasteiger partial charge < -0.3 is 24.5 Å². The quantitative estimate of drug-likeness (QED) is 0.226. The molecule has 1 unspecified atom stereocenters. The highest BCUT2D eigenvalue weighted by atomic mass is 16.5. The van der Waals surface area contributed by atoms with Crippen LogP contribution in [0.25, 0.3) is 0 Å². The van der Waals surface area contributed by atoms with E-state index in [2.05, 4.69) is 6.92 Å². The molecule has 0 rings (SSSR count). The van der Waals surface area contributed by atoms with E-state index >= 15 is 0 Å². The zero-order chi connectivity index (χ0) is 19.5. The molecule has 0 aromatic rings. The van der Waals surface area contributed by atoms with Crippen molar-refractivity contribution in [1.29, 1.82) is 0 Å². The van der Waals surface area contributed by atoms with E-state index in [-0.39, 0.29) is 13.2 Å². The van der Waals surface area contributed by atoms with Crippen molar-refractivity contribution in [3.8, 4) is 0 Å². The van der Waals surface area contributed by atoms with Gasteiger partial charge in [-0.05, 0) is 13.3 Å². The second-order valence-corrected chi connectivity index (χ2v) is 7.65. The fourth-order valence-corrected chi connectivity index (χ4v) is 3.57. The monoisotopic (exact) mass is 376 g/mol. The predicted octanol–water partition coefficient (Wildman–Crippen LogP) is 3.11. The molecule has 0 amide bonds. The molecule has 158 valence electrons. The van der Waals surface area contributed by atoms with Crippen LogP contribution in [0.5, 0.6) is 0 Å². The van der Waals surface area contributed by atoms with E-state index in [1.165, 1.54) is 57.8 Å². The summed E-state index contributed by atoms with van der Waals surface area (Å²) in [7, 11) is 0. The highest BCUT2D eigenvalue weighted by Crippen LogP contribution is 2.11. The summed E-state index contributed by atoms with van der Waals surface area (Å²) in [6.07, 6.45) is 12.5. The molecule has 0 saturated heterocycles. The zero-order valence-corrected chi connectivity index (χ0v) is 17.5. The van der Waals surface area contributed by atoms with Gasteiger partial charge in [0.2, 0.25) is 0 Å². The van der Waals surface area contributed by atoms with Crippen molar-refractivity contribution in [2.24, 2.45) is 0 Å². The maximum absolute atomic E-state index is 10.2. The van der Waals surface area contributed by atoms with Gasteiger partial charge in [-0.25, -0.2) is 0 Å². The van der Waals surface area contributed by atoms with E-state index in [9.17, 15) is 15.3 Å². The number of quaternary nitrogens is 1. The van der Waals surface area contributed by atoms with Crippen LogP contribution in [0.4, 0.5) is 0 Å². The highest BCUT2D eigenvalue weighted by Gasteiger charge is 2.27. The summed E-state index contributed by atoms with van der Waals surface area (Å²) in [5.41, 5.74) is 0. The van der Waals surface area contributed by atoms with Crippen LogP contribution in [0.1, 0.15) is 78.1 Å². The minimum Gasteiger partial charge on any atom is -0.391 e. The van der Waals surface area contributed by atoms with Crippen molar-refractivity contribution in [1.82, 2.24) is 0 Å². The van der Waals surface area contributed by atoms with E-state index in [1.807, 2.05) is 6.92 Å². The van der Waals surface area contributed by atoms with E-state index in [0.717, 1.165) is 13.0 Å². The second kappa shape index (κ2) is 18.2. The molecule has 0 radical (unpaired) electrons. The zero-order valence-electron chi connectivity index (χ0n) is 17.5.